The van der Waals surface area contributed by atoms with E-state index in [4.69, 9.17) is 9.52 Å². The topological polar surface area (TPSA) is 91.5 Å². The van der Waals surface area contributed by atoms with Gasteiger partial charge in [0.25, 0.3) is 0 Å². The molecule has 25 heavy (non-hydrogen) atoms. The van der Waals surface area contributed by atoms with Crippen LogP contribution in [-0.4, -0.2) is 45.4 Å². The molecule has 0 saturated heterocycles. The van der Waals surface area contributed by atoms with Crippen molar-refractivity contribution in [3.05, 3.63) is 30.2 Å². The average Bonchev–Trinajstić information content (AvgIpc) is 3.35. The standard InChI is InChI=1S/C18H24N4O3/c1-2-16-20-21-17(25-16)13-5-7-14(8-6-13)19-18(24)22(15-9-10-15)11-3-4-12-23/h5-8,15,23H,2-4,9-12H2,1H3,(H,19,24). The number of unbranched alkanes of at least 4 members (excludes halogenated alkanes) is 1. The molecule has 1 aromatic carbocycles. The van der Waals surface area contributed by atoms with Crippen molar-refractivity contribution in [2.24, 2.45) is 0 Å². The molecule has 1 aromatic heterocycles. The molecule has 2 aromatic rings. The highest BCUT2D eigenvalue weighted by Gasteiger charge is 2.32. The second-order valence-corrected chi connectivity index (χ2v) is 6.22. The largest absolute Gasteiger partial charge is 0.421 e. The summed E-state index contributed by atoms with van der Waals surface area (Å²) in [5.41, 5.74) is 1.56. The van der Waals surface area contributed by atoms with Gasteiger partial charge in [-0.1, -0.05) is 6.92 Å². The minimum atomic E-state index is -0.0840. The lowest BCUT2D eigenvalue weighted by molar-refractivity contribution is 0.204. The SMILES string of the molecule is CCc1nnc(-c2ccc(NC(=O)N(CCCCO)C3CC3)cc2)o1. The number of nitrogens with one attached hydrogen (secondary N) is 1. The Morgan fingerprint density at radius 3 is 2.64 bits per heavy atom. The molecule has 0 spiro atoms. The molecule has 0 radical (unpaired) electrons. The number of rotatable bonds is 8. The second kappa shape index (κ2) is 8.11. The van der Waals surface area contributed by atoms with Gasteiger partial charge in [0.05, 0.1) is 0 Å². The van der Waals surface area contributed by atoms with Gasteiger partial charge in [0.15, 0.2) is 0 Å². The van der Waals surface area contributed by atoms with Gasteiger partial charge in [0.2, 0.25) is 11.8 Å². The van der Waals surface area contributed by atoms with Crippen molar-refractivity contribution in [2.45, 2.75) is 45.1 Å². The predicted molar refractivity (Wildman–Crippen MR) is 94.2 cm³/mol. The molecule has 3 rings (SSSR count). The smallest absolute Gasteiger partial charge is 0.322 e. The Morgan fingerprint density at radius 2 is 2.04 bits per heavy atom. The molecule has 7 nitrogen and oxygen atoms in total. The number of aromatic nitrogens is 2. The van der Waals surface area contributed by atoms with Gasteiger partial charge in [-0.25, -0.2) is 4.79 Å². The lowest BCUT2D eigenvalue weighted by Crippen LogP contribution is -2.37. The number of benzene rings is 1. The predicted octanol–water partition coefficient (Wildman–Crippen LogP) is 3.07. The van der Waals surface area contributed by atoms with Crippen LogP contribution in [0.25, 0.3) is 11.5 Å². The molecule has 0 atom stereocenters. The second-order valence-electron chi connectivity index (χ2n) is 6.22. The van der Waals surface area contributed by atoms with Crippen molar-refractivity contribution in [3.63, 3.8) is 0 Å². The first-order valence-corrected chi connectivity index (χ1v) is 8.82. The van der Waals surface area contributed by atoms with E-state index in [0.29, 0.717) is 30.8 Å². The summed E-state index contributed by atoms with van der Waals surface area (Å²) in [7, 11) is 0. The minimum Gasteiger partial charge on any atom is -0.421 e. The molecule has 1 saturated carbocycles. The van der Waals surface area contributed by atoms with Gasteiger partial charge < -0.3 is 19.7 Å². The summed E-state index contributed by atoms with van der Waals surface area (Å²) in [4.78, 5) is 14.4. The fourth-order valence-corrected chi connectivity index (χ4v) is 2.63. The van der Waals surface area contributed by atoms with Crippen molar-refractivity contribution in [3.8, 4) is 11.5 Å². The van der Waals surface area contributed by atoms with Crippen LogP contribution in [0.15, 0.2) is 28.7 Å². The number of aliphatic hydroxyl groups is 1. The number of carbonyl (C=O) groups excluding carboxylic acids is 1. The first kappa shape index (κ1) is 17.4. The zero-order chi connectivity index (χ0) is 17.6. The van der Waals surface area contributed by atoms with Gasteiger partial charge in [-0.05, 0) is 49.9 Å². The Balaban J connectivity index is 1.60. The first-order valence-electron chi connectivity index (χ1n) is 8.82. The third-order valence-corrected chi connectivity index (χ3v) is 4.21. The zero-order valence-corrected chi connectivity index (χ0v) is 14.4. The highest BCUT2D eigenvalue weighted by Crippen LogP contribution is 2.28. The molecule has 1 heterocycles. The van der Waals surface area contributed by atoms with Crippen LogP contribution in [0.1, 0.15) is 38.5 Å². The van der Waals surface area contributed by atoms with Crippen LogP contribution < -0.4 is 5.32 Å². The van der Waals surface area contributed by atoms with Crippen molar-refractivity contribution < 1.29 is 14.3 Å². The van der Waals surface area contributed by atoms with E-state index in [9.17, 15) is 4.79 Å². The summed E-state index contributed by atoms with van der Waals surface area (Å²) in [5.74, 6) is 1.09. The van der Waals surface area contributed by atoms with Crippen LogP contribution in [-0.2, 0) is 6.42 Å². The average molecular weight is 344 g/mol. The Morgan fingerprint density at radius 1 is 1.28 bits per heavy atom. The molecule has 134 valence electrons. The maximum absolute atomic E-state index is 12.5. The normalized spacial score (nSPS) is 13.7. The molecule has 2 N–H and O–H groups in total. The Kier molecular flexibility index (Phi) is 5.65. The van der Waals surface area contributed by atoms with Crippen LogP contribution in [0.4, 0.5) is 10.5 Å². The Bertz CT molecular complexity index is 695. The molecular formula is C18H24N4O3. The van der Waals surface area contributed by atoms with Gasteiger partial charge in [-0.2, -0.15) is 0 Å². The van der Waals surface area contributed by atoms with Gasteiger partial charge >= 0.3 is 6.03 Å². The van der Waals surface area contributed by atoms with E-state index in [-0.39, 0.29) is 12.6 Å². The summed E-state index contributed by atoms with van der Waals surface area (Å²) in [6.07, 6.45) is 4.35. The quantitative estimate of drug-likeness (QED) is 0.718. The van der Waals surface area contributed by atoms with Crippen LogP contribution in [0.2, 0.25) is 0 Å². The maximum Gasteiger partial charge on any atom is 0.322 e. The molecule has 1 aliphatic carbocycles. The highest BCUT2D eigenvalue weighted by molar-refractivity contribution is 5.90. The van der Waals surface area contributed by atoms with Gasteiger partial charge in [0.1, 0.15) is 0 Å². The van der Waals surface area contributed by atoms with Crippen LogP contribution in [0.5, 0.6) is 0 Å². The fraction of sp³-hybridized carbons (Fsp3) is 0.500. The van der Waals surface area contributed by atoms with E-state index in [0.717, 1.165) is 36.9 Å². The number of hydrogen-bond acceptors (Lipinski definition) is 5. The Hall–Kier alpha value is -2.41. The molecule has 7 heteroatoms. The number of urea groups is 1. The van der Waals surface area contributed by atoms with Crippen molar-refractivity contribution in [1.82, 2.24) is 15.1 Å². The monoisotopic (exact) mass is 344 g/mol. The third-order valence-electron chi connectivity index (χ3n) is 4.21. The molecule has 0 unspecified atom stereocenters. The molecule has 1 fully saturated rings. The maximum atomic E-state index is 12.5. The van der Waals surface area contributed by atoms with E-state index in [1.807, 2.05) is 36.1 Å². The molecule has 1 aliphatic rings. The Labute approximate surface area is 147 Å². The van der Waals surface area contributed by atoms with Crippen molar-refractivity contribution in [1.29, 1.82) is 0 Å². The van der Waals surface area contributed by atoms with Gasteiger partial charge in [0, 0.05) is 36.9 Å². The lowest BCUT2D eigenvalue weighted by atomic mass is 10.2. The minimum absolute atomic E-state index is 0.0840. The number of amides is 2. The first-order chi connectivity index (χ1) is 12.2. The van der Waals surface area contributed by atoms with Crippen LogP contribution in [0.3, 0.4) is 0 Å². The van der Waals surface area contributed by atoms with E-state index >= 15 is 0 Å². The van der Waals surface area contributed by atoms with E-state index in [1.54, 1.807) is 0 Å². The number of nitrogens with zero attached hydrogens (tertiary/aromatic N) is 3. The molecular weight excluding hydrogens is 320 g/mol. The van der Waals surface area contributed by atoms with Crippen molar-refractivity contribution in [2.75, 3.05) is 18.5 Å². The number of hydrogen-bond donors (Lipinski definition) is 2. The van der Waals surface area contributed by atoms with E-state index in [1.165, 1.54) is 0 Å². The fourth-order valence-electron chi connectivity index (χ4n) is 2.63. The number of anilines is 1. The molecule has 0 aliphatic heterocycles. The lowest BCUT2D eigenvalue weighted by Gasteiger charge is -2.22. The highest BCUT2D eigenvalue weighted by atomic mass is 16.4. The van der Waals surface area contributed by atoms with Gasteiger partial charge in [-0.15, -0.1) is 10.2 Å². The van der Waals surface area contributed by atoms with E-state index in [2.05, 4.69) is 15.5 Å². The summed E-state index contributed by atoms with van der Waals surface area (Å²) in [5, 5.41) is 19.8. The molecule has 0 bridgehead atoms. The van der Waals surface area contributed by atoms with Crippen LogP contribution >= 0.6 is 0 Å². The van der Waals surface area contributed by atoms with Crippen LogP contribution in [0, 0.1) is 0 Å². The molecule has 2 amide bonds. The van der Waals surface area contributed by atoms with Crippen molar-refractivity contribution >= 4 is 11.7 Å². The number of carbonyl (C=O) groups is 1. The van der Waals surface area contributed by atoms with E-state index < -0.39 is 0 Å². The summed E-state index contributed by atoms with van der Waals surface area (Å²) >= 11 is 0. The number of aryl methyl sites for hydroxylation is 1. The summed E-state index contributed by atoms with van der Waals surface area (Å²) in [6, 6.07) is 7.64. The zero-order valence-electron chi connectivity index (χ0n) is 14.4. The van der Waals surface area contributed by atoms with Gasteiger partial charge in [-0.3, -0.25) is 0 Å². The third kappa shape index (κ3) is 4.57. The summed E-state index contributed by atoms with van der Waals surface area (Å²) < 4.78 is 5.53. The summed E-state index contributed by atoms with van der Waals surface area (Å²) in [6.45, 7) is 2.80. The number of aliphatic hydroxyl groups excluding tert-OH is 1.